The summed E-state index contributed by atoms with van der Waals surface area (Å²) < 4.78 is 0. The summed E-state index contributed by atoms with van der Waals surface area (Å²) >= 11 is 0. The fourth-order valence-corrected chi connectivity index (χ4v) is 0. The van der Waals surface area contributed by atoms with Crippen molar-refractivity contribution in [3.05, 3.63) is 0 Å². The number of hydrogen-bond donors (Lipinski definition) is 6. The Bertz CT molecular complexity index is 38.3. The number of aliphatic hydroxyl groups is 6. The zero-order valence-electron chi connectivity index (χ0n) is 8.15. The maximum absolute atomic E-state index is 7.62. The molecule has 0 unspecified atom stereocenters. The van der Waals surface area contributed by atoms with Crippen molar-refractivity contribution >= 4 is 37.2 Å². The molecule has 0 saturated heterocycles. The van der Waals surface area contributed by atoms with E-state index in [0.29, 0.717) is 0 Å². The summed E-state index contributed by atoms with van der Waals surface area (Å²) in [6.45, 7) is -0.750. The van der Waals surface area contributed by atoms with Gasteiger partial charge >= 0.3 is 0 Å². The Morgan fingerprint density at radius 1 is 0.333 bits per heavy atom. The molecule has 15 heavy (non-hydrogen) atoms. The highest BCUT2D eigenvalue weighted by Gasteiger charge is 1.58. The van der Waals surface area contributed by atoms with Crippen LogP contribution in [-0.2, 0) is 0 Å². The Balaban J connectivity index is -0.0000000184. The molecule has 102 valence electrons. The van der Waals surface area contributed by atoms with Crippen LogP contribution < -0.4 is 0 Å². The largest absolute Gasteiger partial charge is 0.394 e. The van der Waals surface area contributed by atoms with Crippen LogP contribution in [0.25, 0.3) is 0 Å². The van der Waals surface area contributed by atoms with E-state index in [9.17, 15) is 0 Å². The van der Waals surface area contributed by atoms with E-state index in [1.807, 2.05) is 0 Å². The number of aliphatic hydroxyl groups excluding tert-OH is 6. The molecule has 0 aromatic rings. The molecule has 0 aliphatic carbocycles. The Morgan fingerprint density at radius 2 is 0.400 bits per heavy atom. The molecule has 0 radical (unpaired) electrons. The number of hydrogen-bond acceptors (Lipinski definition) is 6. The van der Waals surface area contributed by atoms with E-state index in [4.69, 9.17) is 30.6 Å². The van der Waals surface area contributed by atoms with E-state index in [0.717, 1.165) is 0 Å². The van der Waals surface area contributed by atoms with Gasteiger partial charge in [-0.3, -0.25) is 0 Å². The summed E-state index contributed by atoms with van der Waals surface area (Å²) in [5, 5.41) is 45.8. The first kappa shape index (κ1) is 36.1. The van der Waals surface area contributed by atoms with Gasteiger partial charge in [0, 0.05) is 0 Å². The summed E-state index contributed by atoms with van der Waals surface area (Å²) in [5.74, 6) is 0. The molecule has 0 bridgehead atoms. The minimum atomic E-state index is -0.125. The van der Waals surface area contributed by atoms with Gasteiger partial charge in [0.15, 0.2) is 0 Å². The molecule has 9 heteroatoms. The second kappa shape index (κ2) is 61.8. The first-order valence-corrected chi connectivity index (χ1v) is 3.40. The SMILES string of the molecule is Cl.Cl.Cl.OCCO.OCCO.OCCO. The van der Waals surface area contributed by atoms with Crippen LogP contribution in [0.1, 0.15) is 0 Å². The molecule has 0 saturated carbocycles. The lowest BCUT2D eigenvalue weighted by Crippen LogP contribution is -1.85. The van der Waals surface area contributed by atoms with Crippen LogP contribution in [0.5, 0.6) is 0 Å². The second-order valence-corrected chi connectivity index (χ2v) is 1.34. The lowest BCUT2D eigenvalue weighted by atomic mass is 10.8. The minimum Gasteiger partial charge on any atom is -0.394 e. The van der Waals surface area contributed by atoms with Crippen molar-refractivity contribution < 1.29 is 30.6 Å². The summed E-state index contributed by atoms with van der Waals surface area (Å²) in [7, 11) is 0. The van der Waals surface area contributed by atoms with Crippen LogP contribution >= 0.6 is 37.2 Å². The Morgan fingerprint density at radius 3 is 0.400 bits per heavy atom. The van der Waals surface area contributed by atoms with E-state index >= 15 is 0 Å². The molecule has 0 atom stereocenters. The van der Waals surface area contributed by atoms with E-state index in [1.54, 1.807) is 0 Å². The summed E-state index contributed by atoms with van der Waals surface area (Å²) in [5.41, 5.74) is 0. The van der Waals surface area contributed by atoms with Crippen molar-refractivity contribution in [2.24, 2.45) is 0 Å². The third-order valence-electron chi connectivity index (χ3n) is 0.300. The quantitative estimate of drug-likeness (QED) is 0.365. The Hall–Kier alpha value is 0.630. The fraction of sp³-hybridized carbons (Fsp3) is 1.00. The summed E-state index contributed by atoms with van der Waals surface area (Å²) in [6.07, 6.45) is 0. The molecular weight excluding hydrogens is 274 g/mol. The second-order valence-electron chi connectivity index (χ2n) is 1.34. The highest BCUT2D eigenvalue weighted by Crippen LogP contribution is 1.40. The van der Waals surface area contributed by atoms with E-state index in [-0.39, 0.29) is 76.9 Å². The normalized spacial score (nSPS) is 6.00. The maximum atomic E-state index is 7.62. The topological polar surface area (TPSA) is 121 Å². The van der Waals surface area contributed by atoms with Crippen molar-refractivity contribution in [2.75, 3.05) is 39.6 Å². The van der Waals surface area contributed by atoms with Gasteiger partial charge in [-0.15, -0.1) is 37.2 Å². The molecule has 0 aromatic carbocycles. The van der Waals surface area contributed by atoms with Gasteiger partial charge in [-0.25, -0.2) is 0 Å². The van der Waals surface area contributed by atoms with Gasteiger partial charge < -0.3 is 30.6 Å². The van der Waals surface area contributed by atoms with Crippen LogP contribution in [0.4, 0.5) is 0 Å². The highest BCUT2D eigenvalue weighted by molar-refractivity contribution is 5.86. The van der Waals surface area contributed by atoms with Gasteiger partial charge in [0.05, 0.1) is 39.6 Å². The van der Waals surface area contributed by atoms with Crippen LogP contribution in [0.3, 0.4) is 0 Å². The molecule has 0 fully saturated rings. The van der Waals surface area contributed by atoms with Crippen LogP contribution in [0.15, 0.2) is 0 Å². The van der Waals surface area contributed by atoms with Crippen LogP contribution in [-0.4, -0.2) is 70.3 Å². The minimum absolute atomic E-state index is 0. The van der Waals surface area contributed by atoms with E-state index in [2.05, 4.69) is 0 Å². The first-order valence-electron chi connectivity index (χ1n) is 3.40. The van der Waals surface area contributed by atoms with E-state index in [1.165, 1.54) is 0 Å². The molecule has 0 heterocycles. The summed E-state index contributed by atoms with van der Waals surface area (Å²) in [6, 6.07) is 0. The standard InChI is InChI=1S/3C2H6O2.3ClH/c3*3-1-2-4;;;/h3*3-4H,1-2H2;3*1H. The molecule has 0 aromatic heterocycles. The lowest BCUT2D eigenvalue weighted by molar-refractivity contribution is 0.186. The van der Waals surface area contributed by atoms with Gasteiger partial charge in [0.25, 0.3) is 0 Å². The molecule has 0 aliphatic heterocycles. The maximum Gasteiger partial charge on any atom is 0.0662 e. The Labute approximate surface area is 108 Å². The zero-order chi connectivity index (χ0) is 10.2. The molecule has 0 rings (SSSR count). The molecule has 6 N–H and O–H groups in total. The molecule has 6 nitrogen and oxygen atoms in total. The van der Waals surface area contributed by atoms with Crippen molar-refractivity contribution in [3.8, 4) is 0 Å². The lowest BCUT2D eigenvalue weighted by Gasteiger charge is -1.70. The molecule has 0 amide bonds. The number of rotatable bonds is 3. The first-order chi connectivity index (χ1) is 5.74. The smallest absolute Gasteiger partial charge is 0.0662 e. The van der Waals surface area contributed by atoms with Crippen LogP contribution in [0.2, 0.25) is 0 Å². The monoisotopic (exact) mass is 294 g/mol. The van der Waals surface area contributed by atoms with Gasteiger partial charge in [-0.1, -0.05) is 0 Å². The predicted octanol–water partition coefficient (Wildman–Crippen LogP) is -1.82. The van der Waals surface area contributed by atoms with Gasteiger partial charge in [0.2, 0.25) is 0 Å². The third-order valence-corrected chi connectivity index (χ3v) is 0.300. The fourth-order valence-electron chi connectivity index (χ4n) is 0. The summed E-state index contributed by atoms with van der Waals surface area (Å²) in [4.78, 5) is 0. The van der Waals surface area contributed by atoms with Crippen molar-refractivity contribution in [1.29, 1.82) is 0 Å². The van der Waals surface area contributed by atoms with Crippen molar-refractivity contribution in [3.63, 3.8) is 0 Å². The molecule has 0 aliphatic rings. The number of halogens is 3. The third kappa shape index (κ3) is 177. The molecular formula is C6H21Cl3O6. The Kier molecular flexibility index (Phi) is 149. The van der Waals surface area contributed by atoms with Crippen molar-refractivity contribution in [1.82, 2.24) is 0 Å². The van der Waals surface area contributed by atoms with E-state index < -0.39 is 0 Å². The van der Waals surface area contributed by atoms with Gasteiger partial charge in [-0.2, -0.15) is 0 Å². The average molecular weight is 296 g/mol. The molecule has 0 spiro atoms. The van der Waals surface area contributed by atoms with Gasteiger partial charge in [-0.05, 0) is 0 Å². The predicted molar refractivity (Wildman–Crippen MR) is 64.3 cm³/mol. The average Bonchev–Trinajstić information content (AvgIpc) is 2.18. The van der Waals surface area contributed by atoms with Crippen molar-refractivity contribution in [2.45, 2.75) is 0 Å². The van der Waals surface area contributed by atoms with Crippen LogP contribution in [0, 0.1) is 0 Å². The zero-order valence-corrected chi connectivity index (χ0v) is 10.6. The van der Waals surface area contributed by atoms with Gasteiger partial charge in [0.1, 0.15) is 0 Å². The highest BCUT2D eigenvalue weighted by atomic mass is 35.5.